The molecule has 0 amide bonds. The van der Waals surface area contributed by atoms with Crippen molar-refractivity contribution < 1.29 is 0 Å². The highest BCUT2D eigenvalue weighted by Gasteiger charge is 2.06. The molecule has 0 spiro atoms. The normalized spacial score (nSPS) is 10.7. The largest absolute Gasteiger partial charge is 0.356 e. The Morgan fingerprint density at radius 1 is 1.46 bits per heavy atom. The van der Waals surface area contributed by atoms with E-state index in [0.29, 0.717) is 16.9 Å². The molecule has 13 heavy (non-hydrogen) atoms. The van der Waals surface area contributed by atoms with Crippen LogP contribution in [0.25, 0.3) is 5.78 Å². The monoisotopic (exact) mass is 197 g/mol. The van der Waals surface area contributed by atoms with Crippen LogP contribution in [0.5, 0.6) is 0 Å². The summed E-state index contributed by atoms with van der Waals surface area (Å²) in [5.41, 5.74) is 0.826. The Bertz CT molecular complexity index is 449. The second kappa shape index (κ2) is 2.85. The first-order valence-corrected chi connectivity index (χ1v) is 4.16. The van der Waals surface area contributed by atoms with Crippen LogP contribution in [0.3, 0.4) is 0 Å². The third-order valence-electron chi connectivity index (χ3n) is 1.62. The zero-order valence-electron chi connectivity index (χ0n) is 7.24. The fraction of sp³-hybridized carbons (Fsp3) is 0.286. The molecule has 1 N–H and O–H groups in total. The lowest BCUT2D eigenvalue weighted by molar-refractivity contribution is 0.931. The van der Waals surface area contributed by atoms with E-state index in [-0.39, 0.29) is 0 Å². The average molecular weight is 198 g/mol. The summed E-state index contributed by atoms with van der Waals surface area (Å²) >= 11 is 5.93. The van der Waals surface area contributed by atoms with Gasteiger partial charge in [-0.05, 0) is 13.0 Å². The first kappa shape index (κ1) is 8.25. The third-order valence-corrected chi connectivity index (χ3v) is 1.89. The lowest BCUT2D eigenvalue weighted by Crippen LogP contribution is -1.94. The van der Waals surface area contributed by atoms with Gasteiger partial charge in [0.25, 0.3) is 5.78 Å². The highest BCUT2D eigenvalue weighted by atomic mass is 35.5. The maximum absolute atomic E-state index is 5.93. The lowest BCUT2D eigenvalue weighted by Gasteiger charge is -1.95. The molecule has 2 aromatic rings. The quantitative estimate of drug-likeness (QED) is 0.697. The van der Waals surface area contributed by atoms with Crippen LogP contribution >= 0.6 is 11.6 Å². The molecular weight excluding hydrogens is 190 g/mol. The van der Waals surface area contributed by atoms with Crippen LogP contribution in [-0.2, 0) is 0 Å². The minimum atomic E-state index is 0.509. The van der Waals surface area contributed by atoms with Crippen molar-refractivity contribution in [3.05, 3.63) is 16.9 Å². The Morgan fingerprint density at radius 2 is 2.23 bits per heavy atom. The van der Waals surface area contributed by atoms with Crippen LogP contribution in [0, 0.1) is 6.92 Å². The molecule has 0 fully saturated rings. The van der Waals surface area contributed by atoms with E-state index in [0.717, 1.165) is 5.69 Å². The Balaban J connectivity index is 2.75. The number of nitrogens with one attached hydrogen (secondary N) is 1. The van der Waals surface area contributed by atoms with Crippen molar-refractivity contribution in [3.8, 4) is 0 Å². The highest BCUT2D eigenvalue weighted by molar-refractivity contribution is 6.29. The van der Waals surface area contributed by atoms with Crippen LogP contribution in [0.15, 0.2) is 6.07 Å². The van der Waals surface area contributed by atoms with Gasteiger partial charge >= 0.3 is 0 Å². The summed E-state index contributed by atoms with van der Waals surface area (Å²) in [6.45, 7) is 1.86. The van der Waals surface area contributed by atoms with Crippen LogP contribution in [0.4, 0.5) is 5.95 Å². The van der Waals surface area contributed by atoms with Crippen molar-refractivity contribution in [3.63, 3.8) is 0 Å². The zero-order valence-corrected chi connectivity index (χ0v) is 8.00. The molecule has 2 rings (SSSR count). The molecule has 0 unspecified atom stereocenters. The zero-order chi connectivity index (χ0) is 9.42. The van der Waals surface area contributed by atoms with Crippen molar-refractivity contribution in [2.45, 2.75) is 6.92 Å². The van der Waals surface area contributed by atoms with Crippen molar-refractivity contribution in [2.75, 3.05) is 12.4 Å². The van der Waals surface area contributed by atoms with Gasteiger partial charge in [0.2, 0.25) is 5.95 Å². The molecule has 0 saturated carbocycles. The van der Waals surface area contributed by atoms with Gasteiger partial charge in [0.15, 0.2) is 0 Å². The summed E-state index contributed by atoms with van der Waals surface area (Å²) in [6.07, 6.45) is 0. The maximum Gasteiger partial charge on any atom is 0.255 e. The Kier molecular flexibility index (Phi) is 1.81. The van der Waals surface area contributed by atoms with Gasteiger partial charge in [0.05, 0.1) is 0 Å². The van der Waals surface area contributed by atoms with E-state index in [1.54, 1.807) is 13.1 Å². The molecule has 5 nitrogen and oxygen atoms in total. The predicted molar refractivity (Wildman–Crippen MR) is 50.1 cm³/mol. The van der Waals surface area contributed by atoms with Crippen molar-refractivity contribution in [2.24, 2.45) is 0 Å². The standard InChI is InChI=1S/C7H8ClN5/c1-4-3-5(8)13-7(10-4)11-6(9-2)12-13/h3H,1-2H3,(H,9,12). The second-order valence-corrected chi connectivity index (χ2v) is 3.00. The summed E-state index contributed by atoms with van der Waals surface area (Å²) in [7, 11) is 1.75. The molecule has 0 aliphatic heterocycles. The van der Waals surface area contributed by atoms with Crippen molar-refractivity contribution in [1.29, 1.82) is 0 Å². The van der Waals surface area contributed by atoms with Gasteiger partial charge in [-0.15, -0.1) is 5.10 Å². The van der Waals surface area contributed by atoms with Gasteiger partial charge in [-0.3, -0.25) is 0 Å². The summed E-state index contributed by atoms with van der Waals surface area (Å²) in [4.78, 5) is 8.27. The topological polar surface area (TPSA) is 55.1 Å². The number of anilines is 1. The van der Waals surface area contributed by atoms with Crippen molar-refractivity contribution >= 4 is 23.3 Å². The van der Waals surface area contributed by atoms with Gasteiger partial charge in [-0.2, -0.15) is 9.50 Å². The fourth-order valence-electron chi connectivity index (χ4n) is 1.05. The van der Waals surface area contributed by atoms with Gasteiger partial charge in [0.1, 0.15) is 5.15 Å². The van der Waals surface area contributed by atoms with E-state index in [1.165, 1.54) is 4.52 Å². The van der Waals surface area contributed by atoms with Crippen LogP contribution in [0.1, 0.15) is 5.69 Å². The van der Waals surface area contributed by atoms with Crippen LogP contribution in [-0.4, -0.2) is 26.6 Å². The molecule has 0 bridgehead atoms. The number of hydrogen-bond donors (Lipinski definition) is 1. The summed E-state index contributed by atoms with van der Waals surface area (Å²) in [5, 5.41) is 7.40. The molecule has 0 aromatic carbocycles. The molecule has 0 aliphatic carbocycles. The number of hydrogen-bond acceptors (Lipinski definition) is 4. The third kappa shape index (κ3) is 1.31. The second-order valence-electron chi connectivity index (χ2n) is 2.62. The summed E-state index contributed by atoms with van der Waals surface area (Å²) < 4.78 is 1.49. The number of fused-ring (bicyclic) bond motifs is 1. The van der Waals surface area contributed by atoms with E-state index in [2.05, 4.69) is 20.4 Å². The molecule has 0 aliphatic rings. The molecule has 0 atom stereocenters. The van der Waals surface area contributed by atoms with Crippen LogP contribution in [0.2, 0.25) is 5.15 Å². The Labute approximate surface area is 79.8 Å². The van der Waals surface area contributed by atoms with Gasteiger partial charge in [-0.25, -0.2) is 4.98 Å². The van der Waals surface area contributed by atoms with Crippen molar-refractivity contribution in [1.82, 2.24) is 19.6 Å². The van der Waals surface area contributed by atoms with E-state index in [9.17, 15) is 0 Å². The average Bonchev–Trinajstić information content (AvgIpc) is 2.47. The first-order valence-electron chi connectivity index (χ1n) is 3.78. The molecule has 6 heteroatoms. The molecule has 0 radical (unpaired) electrons. The highest BCUT2D eigenvalue weighted by Crippen LogP contribution is 2.12. The minimum Gasteiger partial charge on any atom is -0.356 e. The van der Waals surface area contributed by atoms with Crippen LogP contribution < -0.4 is 5.32 Å². The summed E-state index contributed by atoms with van der Waals surface area (Å²) in [6, 6.07) is 1.74. The lowest BCUT2D eigenvalue weighted by atomic mass is 10.5. The maximum atomic E-state index is 5.93. The Morgan fingerprint density at radius 3 is 2.92 bits per heavy atom. The smallest absolute Gasteiger partial charge is 0.255 e. The number of halogens is 1. The summed E-state index contributed by atoms with van der Waals surface area (Å²) in [5.74, 6) is 1.02. The number of nitrogens with zero attached hydrogens (tertiary/aromatic N) is 4. The van der Waals surface area contributed by atoms with E-state index < -0.39 is 0 Å². The molecule has 68 valence electrons. The van der Waals surface area contributed by atoms with E-state index in [1.807, 2.05) is 6.92 Å². The predicted octanol–water partition coefficient (Wildman–Crippen LogP) is 1.13. The van der Waals surface area contributed by atoms with Gasteiger partial charge in [-0.1, -0.05) is 11.6 Å². The fourth-order valence-corrected chi connectivity index (χ4v) is 1.32. The number of aryl methyl sites for hydroxylation is 1. The minimum absolute atomic E-state index is 0.509. The first-order chi connectivity index (χ1) is 6.20. The van der Waals surface area contributed by atoms with Gasteiger partial charge < -0.3 is 5.32 Å². The molecule has 2 aromatic heterocycles. The number of aromatic nitrogens is 4. The number of rotatable bonds is 1. The SMILES string of the molecule is CNc1nc2nc(C)cc(Cl)n2n1. The van der Waals surface area contributed by atoms with Gasteiger partial charge in [0, 0.05) is 12.7 Å². The van der Waals surface area contributed by atoms with E-state index in [4.69, 9.17) is 11.6 Å². The molecule has 0 saturated heterocycles. The molecule has 2 heterocycles. The molecular formula is C7H8ClN5. The van der Waals surface area contributed by atoms with E-state index >= 15 is 0 Å². The Hall–Kier alpha value is -1.36.